The van der Waals surface area contributed by atoms with Gasteiger partial charge in [0.25, 0.3) is 5.91 Å². The quantitative estimate of drug-likeness (QED) is 0.120. The van der Waals surface area contributed by atoms with Crippen molar-refractivity contribution in [1.29, 1.82) is 0 Å². The molecule has 3 aliphatic rings. The summed E-state index contributed by atoms with van der Waals surface area (Å²) in [5.41, 5.74) is 2.35. The number of rotatable bonds is 6. The molecule has 3 aliphatic carbocycles. The second-order valence-electron chi connectivity index (χ2n) is 10.2. The largest absolute Gasteiger partial charge is 0.508 e. The first-order valence-corrected chi connectivity index (χ1v) is 11.8. The second-order valence-corrected chi connectivity index (χ2v) is 10.2. The number of nitrogens with two attached hydrogens (primary N) is 1. The van der Waals surface area contributed by atoms with Crippen molar-refractivity contribution < 1.29 is 39.6 Å². The van der Waals surface area contributed by atoms with Crippen LogP contribution in [-0.2, 0) is 25.6 Å². The molecule has 12 nitrogen and oxygen atoms in total. The Bertz CT molecular complexity index is 1300. The van der Waals surface area contributed by atoms with Crippen LogP contribution in [0.3, 0.4) is 0 Å². The van der Waals surface area contributed by atoms with Crippen LogP contribution in [0.15, 0.2) is 23.0 Å². The first-order valence-electron chi connectivity index (χ1n) is 11.8. The highest BCUT2D eigenvalue weighted by molar-refractivity contribution is 6.24. The molecule has 198 valence electrons. The minimum Gasteiger partial charge on any atom is -0.508 e. The molecule has 0 saturated heterocycles. The average Bonchev–Trinajstić information content (AvgIpc) is 2.78. The van der Waals surface area contributed by atoms with Gasteiger partial charge in [-0.15, -0.1) is 0 Å². The van der Waals surface area contributed by atoms with E-state index in [1.54, 1.807) is 0 Å². The number of fused-ring (bicyclic) bond motifs is 3. The molecule has 37 heavy (non-hydrogen) atoms. The number of benzene rings is 1. The lowest BCUT2D eigenvalue weighted by Crippen LogP contribution is -2.65. The number of nitrogens with one attached hydrogen (secondary N) is 2. The molecule has 4 atom stereocenters. The van der Waals surface area contributed by atoms with Crippen molar-refractivity contribution >= 4 is 41.0 Å². The third-order valence-electron chi connectivity index (χ3n) is 7.38. The first kappa shape index (κ1) is 26.2. The summed E-state index contributed by atoms with van der Waals surface area (Å²) in [6.45, 7) is 3.75. The highest BCUT2D eigenvalue weighted by atomic mass is 16.3. The Morgan fingerprint density at radius 1 is 1.22 bits per heavy atom. The standard InChI is InChI=1S/C25H30N4O8/c1-9(2)28-13-7-14(27-8-30)19(31)16-11(13)5-10-6-12-18(29(3)4)21(33)17(24(26)36)23(35)25(12,37)22(34)15(10)20(16)32/h7-10,12,18,28,31-32,35,37H,5-6H2,1-4H3,(H2,26,36)(H,27,30)/t10?,12?,18-,25-/m0/s1. The van der Waals surface area contributed by atoms with Crippen molar-refractivity contribution in [3.63, 3.8) is 0 Å². The molecular weight excluding hydrogens is 484 g/mol. The van der Waals surface area contributed by atoms with E-state index in [0.29, 0.717) is 17.7 Å². The number of Topliss-reactive ketones (excluding diaryl/α,β-unsaturated/α-hetero) is 2. The topological polar surface area (TPSA) is 203 Å². The SMILES string of the molecule is CC(C)Nc1cc(NC=O)c(O)c2c1CC1CC3[C@H](N(C)C)C(=O)C(C(N)=O)=C(O)[C@@]3(O)C(=O)C1=C2O. The molecule has 2 unspecified atom stereocenters. The normalized spacial score (nSPS) is 27.2. The number of nitrogens with zero attached hydrogens (tertiary/aromatic N) is 1. The summed E-state index contributed by atoms with van der Waals surface area (Å²) in [6, 6.07) is 0.299. The highest BCUT2D eigenvalue weighted by Crippen LogP contribution is 2.54. The Morgan fingerprint density at radius 2 is 1.86 bits per heavy atom. The zero-order chi connectivity index (χ0) is 27.6. The summed E-state index contributed by atoms with van der Waals surface area (Å²) in [5, 5.41) is 50.3. The number of hydrogen-bond donors (Lipinski definition) is 7. The molecule has 1 aromatic rings. The molecule has 0 spiro atoms. The molecule has 2 amide bonds. The maximum Gasteiger partial charge on any atom is 0.255 e. The van der Waals surface area contributed by atoms with Gasteiger partial charge >= 0.3 is 0 Å². The molecule has 4 rings (SSSR count). The van der Waals surface area contributed by atoms with Crippen molar-refractivity contribution in [3.8, 4) is 5.75 Å². The lowest BCUT2D eigenvalue weighted by molar-refractivity contribution is -0.153. The van der Waals surface area contributed by atoms with E-state index >= 15 is 0 Å². The number of carbonyl (C=O) groups is 4. The van der Waals surface area contributed by atoms with Crippen molar-refractivity contribution in [2.45, 2.75) is 44.4 Å². The van der Waals surface area contributed by atoms with Crippen LogP contribution in [0.5, 0.6) is 5.75 Å². The number of carbonyl (C=O) groups excluding carboxylic acids is 4. The zero-order valence-corrected chi connectivity index (χ0v) is 20.8. The first-order chi connectivity index (χ1) is 17.3. The summed E-state index contributed by atoms with van der Waals surface area (Å²) in [6.07, 6.45) is 0.477. The van der Waals surface area contributed by atoms with Crippen LogP contribution in [-0.4, -0.2) is 81.0 Å². The van der Waals surface area contributed by atoms with E-state index in [4.69, 9.17) is 5.73 Å². The van der Waals surface area contributed by atoms with Gasteiger partial charge in [0.05, 0.1) is 17.3 Å². The molecule has 0 radical (unpaired) electrons. The zero-order valence-electron chi connectivity index (χ0n) is 20.8. The third-order valence-corrected chi connectivity index (χ3v) is 7.38. The Kier molecular flexibility index (Phi) is 6.29. The Morgan fingerprint density at radius 3 is 2.41 bits per heavy atom. The van der Waals surface area contributed by atoms with E-state index in [1.807, 2.05) is 13.8 Å². The summed E-state index contributed by atoms with van der Waals surface area (Å²) in [5.74, 6) is -7.31. The van der Waals surface area contributed by atoms with Crippen LogP contribution in [0.1, 0.15) is 31.4 Å². The molecule has 1 aromatic carbocycles. The molecule has 0 heterocycles. The minimum atomic E-state index is -2.71. The van der Waals surface area contributed by atoms with Crippen LogP contribution in [0, 0.1) is 11.8 Å². The van der Waals surface area contributed by atoms with Crippen molar-refractivity contribution in [3.05, 3.63) is 34.1 Å². The smallest absolute Gasteiger partial charge is 0.255 e. The molecular formula is C25H30N4O8. The Labute approximate surface area is 212 Å². The fourth-order valence-electron chi connectivity index (χ4n) is 5.92. The lowest BCUT2D eigenvalue weighted by atomic mass is 9.57. The summed E-state index contributed by atoms with van der Waals surface area (Å²) >= 11 is 0. The average molecular weight is 515 g/mol. The van der Waals surface area contributed by atoms with Gasteiger partial charge in [0.15, 0.2) is 11.4 Å². The van der Waals surface area contributed by atoms with Gasteiger partial charge in [-0.1, -0.05) is 0 Å². The monoisotopic (exact) mass is 514 g/mol. The molecule has 1 saturated carbocycles. The van der Waals surface area contributed by atoms with E-state index in [0.717, 1.165) is 0 Å². The number of ketones is 2. The van der Waals surface area contributed by atoms with E-state index < -0.39 is 63.8 Å². The van der Waals surface area contributed by atoms with Gasteiger partial charge in [0.2, 0.25) is 12.2 Å². The van der Waals surface area contributed by atoms with Gasteiger partial charge in [0.1, 0.15) is 22.8 Å². The second kappa shape index (κ2) is 8.89. The molecule has 1 fully saturated rings. The number of hydrogen-bond acceptors (Lipinski definition) is 10. The Balaban J connectivity index is 1.99. The highest BCUT2D eigenvalue weighted by Gasteiger charge is 2.64. The number of amides is 2. The summed E-state index contributed by atoms with van der Waals surface area (Å²) < 4.78 is 0. The number of phenols is 1. The lowest BCUT2D eigenvalue weighted by Gasteiger charge is -2.50. The van der Waals surface area contributed by atoms with Crippen molar-refractivity contribution in [1.82, 2.24) is 4.90 Å². The van der Waals surface area contributed by atoms with Gasteiger partial charge in [-0.25, -0.2) is 0 Å². The number of likely N-dealkylation sites (N-methyl/N-ethyl adjacent to an activating group) is 1. The number of primary amides is 1. The number of anilines is 2. The summed E-state index contributed by atoms with van der Waals surface area (Å²) in [7, 11) is 3.08. The van der Waals surface area contributed by atoms with Crippen molar-refractivity contribution in [2.24, 2.45) is 17.6 Å². The van der Waals surface area contributed by atoms with E-state index in [1.165, 1.54) is 25.1 Å². The number of phenolic OH excluding ortho intramolecular Hbond substituents is 1. The predicted octanol–water partition coefficient (Wildman–Crippen LogP) is 0.353. The molecule has 0 aliphatic heterocycles. The molecule has 8 N–H and O–H groups in total. The fourth-order valence-corrected chi connectivity index (χ4v) is 5.92. The predicted molar refractivity (Wildman–Crippen MR) is 133 cm³/mol. The van der Waals surface area contributed by atoms with Gasteiger partial charge < -0.3 is 36.8 Å². The van der Waals surface area contributed by atoms with Gasteiger partial charge in [-0.05, 0) is 58.3 Å². The van der Waals surface area contributed by atoms with Crippen LogP contribution in [0.4, 0.5) is 11.4 Å². The minimum absolute atomic E-state index is 0.0119. The van der Waals surface area contributed by atoms with E-state index in [-0.39, 0.29) is 35.7 Å². The van der Waals surface area contributed by atoms with Crippen LogP contribution in [0.25, 0.3) is 5.76 Å². The molecule has 0 bridgehead atoms. The maximum absolute atomic E-state index is 13.9. The number of aromatic hydroxyl groups is 1. The van der Waals surface area contributed by atoms with Gasteiger partial charge in [-0.2, -0.15) is 0 Å². The molecule has 12 heteroatoms. The van der Waals surface area contributed by atoms with Crippen LogP contribution >= 0.6 is 0 Å². The van der Waals surface area contributed by atoms with E-state index in [9.17, 15) is 39.6 Å². The van der Waals surface area contributed by atoms with Crippen molar-refractivity contribution in [2.75, 3.05) is 24.7 Å². The van der Waals surface area contributed by atoms with Gasteiger partial charge in [0, 0.05) is 23.2 Å². The maximum atomic E-state index is 13.9. The van der Waals surface area contributed by atoms with Crippen LogP contribution < -0.4 is 16.4 Å². The number of aliphatic hydroxyl groups excluding tert-OH is 2. The van der Waals surface area contributed by atoms with Crippen LogP contribution in [0.2, 0.25) is 0 Å². The Hall–Kier alpha value is -3.90. The fraction of sp³-hybridized carbons (Fsp3) is 0.440. The number of aliphatic hydroxyl groups is 3. The molecule has 0 aromatic heterocycles. The summed E-state index contributed by atoms with van der Waals surface area (Å²) in [4.78, 5) is 51.6. The van der Waals surface area contributed by atoms with E-state index in [2.05, 4.69) is 10.6 Å². The van der Waals surface area contributed by atoms with Gasteiger partial charge in [-0.3, -0.25) is 24.1 Å². The third kappa shape index (κ3) is 3.66.